The minimum atomic E-state index is -1.03. The molecule has 0 radical (unpaired) electrons. The van der Waals surface area contributed by atoms with Gasteiger partial charge in [0, 0.05) is 38.7 Å². The van der Waals surface area contributed by atoms with Crippen molar-refractivity contribution in [1.29, 1.82) is 0 Å². The first-order valence-electron chi connectivity index (χ1n) is 4.31. The minimum Gasteiger partial charge on any atom is -0.481 e. The van der Waals surface area contributed by atoms with Gasteiger partial charge >= 0.3 is 5.97 Å². The topological polar surface area (TPSA) is 74.6 Å². The molecule has 0 aromatic heterocycles. The molecule has 0 aromatic carbocycles. The van der Waals surface area contributed by atoms with Gasteiger partial charge < -0.3 is 10.2 Å². The zero-order valence-electron chi connectivity index (χ0n) is 8.91. The number of carboxylic acid groups (broad SMARTS) is 1. The van der Waals surface area contributed by atoms with E-state index in [4.69, 9.17) is 10.2 Å². The third-order valence-corrected chi connectivity index (χ3v) is 0.877. The summed E-state index contributed by atoms with van der Waals surface area (Å²) in [6.45, 7) is 5.29. The maximum Gasteiger partial charge on any atom is 0.310 e. The van der Waals surface area contributed by atoms with Gasteiger partial charge in [-0.15, -0.1) is 0 Å². The SMILES string of the molecule is CC(C)O.CCCC(=O)CC(=O)O.[Zr]. The molecule has 0 spiro atoms. The van der Waals surface area contributed by atoms with Crippen molar-refractivity contribution in [3.63, 3.8) is 0 Å². The monoisotopic (exact) mass is 280 g/mol. The van der Waals surface area contributed by atoms with Crippen LogP contribution in [0.2, 0.25) is 0 Å². The van der Waals surface area contributed by atoms with Crippen LogP contribution in [0.25, 0.3) is 0 Å². The Hall–Kier alpha value is -0.0169. The van der Waals surface area contributed by atoms with E-state index in [1.165, 1.54) is 0 Å². The van der Waals surface area contributed by atoms with Crippen molar-refractivity contribution in [3.05, 3.63) is 0 Å². The largest absolute Gasteiger partial charge is 0.481 e. The fourth-order valence-electron chi connectivity index (χ4n) is 0.536. The standard InChI is InChI=1S/C6H10O3.C3H8O.Zr/c1-2-3-5(7)4-6(8)9;1-3(2)4;/h2-4H2,1H3,(H,8,9);3-4H,1-2H3;. The van der Waals surface area contributed by atoms with Crippen LogP contribution in [0.3, 0.4) is 0 Å². The zero-order valence-corrected chi connectivity index (χ0v) is 11.4. The van der Waals surface area contributed by atoms with Gasteiger partial charge in [-0.25, -0.2) is 0 Å². The summed E-state index contributed by atoms with van der Waals surface area (Å²) in [4.78, 5) is 20.3. The number of carboxylic acids is 1. The first-order valence-corrected chi connectivity index (χ1v) is 4.31. The molecule has 0 unspecified atom stereocenters. The second kappa shape index (κ2) is 13.0. The molecule has 4 nitrogen and oxygen atoms in total. The summed E-state index contributed by atoms with van der Waals surface area (Å²) >= 11 is 0. The van der Waals surface area contributed by atoms with Gasteiger partial charge in [0.1, 0.15) is 12.2 Å². The third-order valence-electron chi connectivity index (χ3n) is 0.877. The quantitative estimate of drug-likeness (QED) is 0.760. The van der Waals surface area contributed by atoms with Gasteiger partial charge in [-0.3, -0.25) is 9.59 Å². The first kappa shape index (κ1) is 19.5. The molecule has 0 saturated heterocycles. The molecule has 2 N–H and O–H groups in total. The number of rotatable bonds is 4. The van der Waals surface area contributed by atoms with Gasteiger partial charge in [0.15, 0.2) is 0 Å². The summed E-state index contributed by atoms with van der Waals surface area (Å²) in [5.41, 5.74) is 0. The van der Waals surface area contributed by atoms with Gasteiger partial charge in [0.2, 0.25) is 0 Å². The molecule has 0 aliphatic heterocycles. The number of carbonyl (C=O) groups is 2. The fraction of sp³-hybridized carbons (Fsp3) is 0.778. The summed E-state index contributed by atoms with van der Waals surface area (Å²) in [5, 5.41) is 16.1. The second-order valence-electron chi connectivity index (χ2n) is 2.95. The number of carbonyl (C=O) groups excluding carboxylic acids is 1. The van der Waals surface area contributed by atoms with Crippen molar-refractivity contribution in [2.75, 3.05) is 0 Å². The summed E-state index contributed by atoms with van der Waals surface area (Å²) in [5.74, 6) is -1.22. The third kappa shape index (κ3) is 29.6. The Bertz CT molecular complexity index is 154. The number of aliphatic carboxylic acids is 1. The van der Waals surface area contributed by atoms with Crippen LogP contribution in [0.1, 0.15) is 40.0 Å². The van der Waals surface area contributed by atoms with E-state index in [1.54, 1.807) is 13.8 Å². The van der Waals surface area contributed by atoms with Gasteiger partial charge in [0.05, 0.1) is 0 Å². The maximum atomic E-state index is 10.5. The Balaban J connectivity index is -0.000000209. The van der Waals surface area contributed by atoms with Gasteiger partial charge in [-0.1, -0.05) is 6.92 Å². The predicted octanol–water partition coefficient (Wildman–Crippen LogP) is 1.21. The van der Waals surface area contributed by atoms with Crippen molar-refractivity contribution in [1.82, 2.24) is 0 Å². The van der Waals surface area contributed by atoms with Crippen molar-refractivity contribution >= 4 is 11.8 Å². The Labute approximate surface area is 104 Å². The summed E-state index contributed by atoms with van der Waals surface area (Å²) in [6.07, 6.45) is 0.617. The van der Waals surface area contributed by atoms with E-state index in [2.05, 4.69) is 0 Å². The molecule has 0 bridgehead atoms. The van der Waals surface area contributed by atoms with Crippen LogP contribution in [-0.4, -0.2) is 28.1 Å². The molecule has 0 atom stereocenters. The molecular formula is C9H18O4Zr. The molecule has 0 rings (SSSR count). The van der Waals surface area contributed by atoms with Crippen LogP contribution in [0.5, 0.6) is 0 Å². The van der Waals surface area contributed by atoms with E-state index in [0.717, 1.165) is 6.42 Å². The van der Waals surface area contributed by atoms with Gasteiger partial charge in [0.25, 0.3) is 0 Å². The average molecular weight is 281 g/mol. The Morgan fingerprint density at radius 3 is 1.86 bits per heavy atom. The molecule has 0 heterocycles. The molecule has 82 valence electrons. The molecule has 0 aliphatic rings. The number of hydrogen-bond donors (Lipinski definition) is 2. The molecule has 0 amide bonds. The number of Topliss-reactive ketones (excluding diaryl/α,β-unsaturated/α-hetero) is 1. The zero-order chi connectivity index (χ0) is 10.9. The van der Waals surface area contributed by atoms with Gasteiger partial charge in [-0.05, 0) is 20.3 Å². The van der Waals surface area contributed by atoms with Crippen LogP contribution in [0, 0.1) is 0 Å². The second-order valence-corrected chi connectivity index (χ2v) is 2.95. The summed E-state index contributed by atoms with van der Waals surface area (Å²) in [7, 11) is 0. The van der Waals surface area contributed by atoms with Gasteiger partial charge in [-0.2, -0.15) is 0 Å². The van der Waals surface area contributed by atoms with E-state index in [9.17, 15) is 9.59 Å². The normalized spacial score (nSPS) is 8.36. The minimum absolute atomic E-state index is 0. The molecule has 0 saturated carbocycles. The smallest absolute Gasteiger partial charge is 0.310 e. The summed E-state index contributed by atoms with van der Waals surface area (Å²) < 4.78 is 0. The molecule has 0 aliphatic carbocycles. The number of aliphatic hydroxyl groups is 1. The van der Waals surface area contributed by atoms with Crippen LogP contribution >= 0.6 is 0 Å². The van der Waals surface area contributed by atoms with E-state index < -0.39 is 5.97 Å². The predicted molar refractivity (Wildman–Crippen MR) is 49.5 cm³/mol. The van der Waals surface area contributed by atoms with E-state index in [0.29, 0.717) is 6.42 Å². The summed E-state index contributed by atoms with van der Waals surface area (Å²) in [6, 6.07) is 0. The van der Waals surface area contributed by atoms with Crippen LogP contribution in [-0.2, 0) is 35.8 Å². The van der Waals surface area contributed by atoms with E-state index >= 15 is 0 Å². The fourth-order valence-corrected chi connectivity index (χ4v) is 0.536. The Morgan fingerprint density at radius 1 is 1.29 bits per heavy atom. The molecule has 5 heteroatoms. The number of ketones is 1. The molecule has 0 fully saturated rings. The van der Waals surface area contributed by atoms with E-state index in [1.807, 2.05) is 6.92 Å². The van der Waals surface area contributed by atoms with Crippen LogP contribution < -0.4 is 0 Å². The van der Waals surface area contributed by atoms with Crippen LogP contribution in [0.15, 0.2) is 0 Å². The number of aliphatic hydroxyl groups excluding tert-OH is 1. The van der Waals surface area contributed by atoms with Crippen molar-refractivity contribution in [3.8, 4) is 0 Å². The maximum absolute atomic E-state index is 10.5. The number of hydrogen-bond acceptors (Lipinski definition) is 3. The Kier molecular flexibility index (Phi) is 18.1. The molecule has 0 aromatic rings. The van der Waals surface area contributed by atoms with E-state index in [-0.39, 0.29) is 44.5 Å². The van der Waals surface area contributed by atoms with Crippen molar-refractivity contribution < 1.29 is 46.0 Å². The molecule has 14 heavy (non-hydrogen) atoms. The molecular weight excluding hydrogens is 263 g/mol. The van der Waals surface area contributed by atoms with Crippen LogP contribution in [0.4, 0.5) is 0 Å². The Morgan fingerprint density at radius 2 is 1.64 bits per heavy atom. The first-order chi connectivity index (χ1) is 5.90. The average Bonchev–Trinajstić information content (AvgIpc) is 1.83. The van der Waals surface area contributed by atoms with Crippen molar-refractivity contribution in [2.45, 2.75) is 46.1 Å². The van der Waals surface area contributed by atoms with Crippen molar-refractivity contribution in [2.24, 2.45) is 0 Å².